The Balaban J connectivity index is 2.63. The molecule has 0 aromatic heterocycles. The van der Waals surface area contributed by atoms with E-state index in [1.54, 1.807) is 0 Å². The molecule has 0 radical (unpaired) electrons. The van der Waals surface area contributed by atoms with Crippen molar-refractivity contribution in [2.45, 2.75) is 53.1 Å². The van der Waals surface area contributed by atoms with E-state index in [1.165, 1.54) is 27.8 Å². The van der Waals surface area contributed by atoms with Gasteiger partial charge in [0.15, 0.2) is 0 Å². The van der Waals surface area contributed by atoms with Gasteiger partial charge in [0, 0.05) is 18.4 Å². The van der Waals surface area contributed by atoms with Crippen molar-refractivity contribution in [3.05, 3.63) is 33.9 Å². The summed E-state index contributed by atoms with van der Waals surface area (Å²) in [5, 5.41) is 0. The van der Waals surface area contributed by atoms with Gasteiger partial charge in [-0.05, 0) is 56.9 Å². The molecule has 1 aromatic carbocycles. The number of benzene rings is 1. The van der Waals surface area contributed by atoms with E-state index >= 15 is 0 Å². The largest absolute Gasteiger partial charge is 0.454 e. The molecular weight excluding hydrogens is 212 g/mol. The normalized spacial score (nSPS) is 23.9. The zero-order valence-corrected chi connectivity index (χ0v) is 11.3. The zero-order chi connectivity index (χ0) is 12.8. The third-order valence-electron chi connectivity index (χ3n) is 4.04. The molecule has 1 saturated heterocycles. The first kappa shape index (κ1) is 12.2. The number of hydrogen-bond donors (Lipinski definition) is 0. The topological polar surface area (TPSA) is 26.3 Å². The molecule has 1 aromatic rings. The molecule has 2 rings (SSSR count). The number of esters is 1. The Morgan fingerprint density at radius 1 is 1.12 bits per heavy atom. The Labute approximate surface area is 103 Å². The van der Waals surface area contributed by atoms with Crippen LogP contribution in [0.2, 0.25) is 0 Å². The van der Waals surface area contributed by atoms with E-state index in [2.05, 4.69) is 33.8 Å². The molecule has 17 heavy (non-hydrogen) atoms. The standard InChI is InChI=1S/C15H20O2/c1-9-8-10(2)12(4)14(11(9)3)15(5)7-6-13(16)17-15/h8H,6-7H2,1-5H3. The molecule has 1 atom stereocenters. The first-order valence-corrected chi connectivity index (χ1v) is 6.15. The molecule has 1 heterocycles. The Kier molecular flexibility index (Phi) is 2.76. The second kappa shape index (κ2) is 3.86. The second-order valence-electron chi connectivity index (χ2n) is 5.34. The lowest BCUT2D eigenvalue weighted by Crippen LogP contribution is -2.24. The number of carbonyl (C=O) groups excluding carboxylic acids is 1. The van der Waals surface area contributed by atoms with Gasteiger partial charge in [0.1, 0.15) is 5.60 Å². The molecule has 1 aliphatic rings. The van der Waals surface area contributed by atoms with Gasteiger partial charge in [-0.2, -0.15) is 0 Å². The van der Waals surface area contributed by atoms with Gasteiger partial charge in [0.25, 0.3) is 0 Å². The van der Waals surface area contributed by atoms with E-state index < -0.39 is 5.60 Å². The number of ether oxygens (including phenoxy) is 1. The van der Waals surface area contributed by atoms with Crippen LogP contribution in [-0.4, -0.2) is 5.97 Å². The van der Waals surface area contributed by atoms with Crippen LogP contribution in [0.4, 0.5) is 0 Å². The number of aryl methyl sites for hydroxylation is 2. The van der Waals surface area contributed by atoms with Crippen LogP contribution in [0.3, 0.4) is 0 Å². The van der Waals surface area contributed by atoms with Crippen molar-refractivity contribution in [2.24, 2.45) is 0 Å². The lowest BCUT2D eigenvalue weighted by molar-refractivity contribution is -0.147. The molecule has 0 amide bonds. The third-order valence-corrected chi connectivity index (χ3v) is 4.04. The van der Waals surface area contributed by atoms with E-state index in [0.29, 0.717) is 6.42 Å². The predicted octanol–water partition coefficient (Wildman–Crippen LogP) is 3.47. The van der Waals surface area contributed by atoms with Gasteiger partial charge in [-0.1, -0.05) is 6.07 Å². The Morgan fingerprint density at radius 3 is 2.06 bits per heavy atom. The smallest absolute Gasteiger partial charge is 0.306 e. The molecule has 0 N–H and O–H groups in total. The minimum Gasteiger partial charge on any atom is -0.454 e. The van der Waals surface area contributed by atoms with Crippen LogP contribution in [0.1, 0.15) is 47.6 Å². The maximum Gasteiger partial charge on any atom is 0.306 e. The van der Waals surface area contributed by atoms with Crippen molar-refractivity contribution >= 4 is 5.97 Å². The van der Waals surface area contributed by atoms with Gasteiger partial charge in [0.2, 0.25) is 0 Å². The summed E-state index contributed by atoms with van der Waals surface area (Å²) in [5.41, 5.74) is 5.83. The van der Waals surface area contributed by atoms with Crippen LogP contribution >= 0.6 is 0 Å². The summed E-state index contributed by atoms with van der Waals surface area (Å²) in [6, 6.07) is 2.20. The van der Waals surface area contributed by atoms with E-state index in [4.69, 9.17) is 4.74 Å². The average Bonchev–Trinajstić information content (AvgIpc) is 2.57. The van der Waals surface area contributed by atoms with Crippen LogP contribution in [0.25, 0.3) is 0 Å². The van der Waals surface area contributed by atoms with Crippen molar-refractivity contribution in [1.82, 2.24) is 0 Å². The van der Waals surface area contributed by atoms with Crippen LogP contribution in [0, 0.1) is 27.7 Å². The molecule has 92 valence electrons. The fourth-order valence-corrected chi connectivity index (χ4v) is 2.88. The average molecular weight is 232 g/mol. The number of rotatable bonds is 1. The van der Waals surface area contributed by atoms with Gasteiger partial charge in [-0.15, -0.1) is 0 Å². The SMILES string of the molecule is Cc1cc(C)c(C)c(C2(C)CCC(=O)O2)c1C. The highest BCUT2D eigenvalue weighted by Crippen LogP contribution is 2.41. The first-order valence-electron chi connectivity index (χ1n) is 6.15. The Morgan fingerprint density at radius 2 is 1.65 bits per heavy atom. The van der Waals surface area contributed by atoms with Gasteiger partial charge < -0.3 is 4.74 Å². The number of carbonyl (C=O) groups is 1. The Bertz CT molecular complexity index is 462. The maximum absolute atomic E-state index is 11.4. The van der Waals surface area contributed by atoms with E-state index in [1.807, 2.05) is 6.92 Å². The third kappa shape index (κ3) is 1.86. The van der Waals surface area contributed by atoms with Crippen molar-refractivity contribution in [3.63, 3.8) is 0 Å². The Hall–Kier alpha value is -1.31. The maximum atomic E-state index is 11.4. The molecule has 1 aliphatic heterocycles. The van der Waals surface area contributed by atoms with Crippen LogP contribution in [-0.2, 0) is 15.1 Å². The summed E-state index contributed by atoms with van der Waals surface area (Å²) in [4.78, 5) is 11.4. The van der Waals surface area contributed by atoms with Crippen molar-refractivity contribution in [1.29, 1.82) is 0 Å². The molecule has 0 bridgehead atoms. The number of cyclic esters (lactones) is 1. The fraction of sp³-hybridized carbons (Fsp3) is 0.533. The van der Waals surface area contributed by atoms with E-state index in [-0.39, 0.29) is 5.97 Å². The minimum atomic E-state index is -0.429. The summed E-state index contributed by atoms with van der Waals surface area (Å²) in [7, 11) is 0. The van der Waals surface area contributed by atoms with Crippen LogP contribution < -0.4 is 0 Å². The molecular formula is C15H20O2. The highest BCUT2D eigenvalue weighted by atomic mass is 16.6. The molecule has 0 aliphatic carbocycles. The predicted molar refractivity (Wildman–Crippen MR) is 68.1 cm³/mol. The summed E-state index contributed by atoms with van der Waals surface area (Å²) in [5.74, 6) is -0.0783. The lowest BCUT2D eigenvalue weighted by atomic mass is 9.82. The first-order chi connectivity index (χ1) is 7.85. The molecule has 2 nitrogen and oxygen atoms in total. The quantitative estimate of drug-likeness (QED) is 0.693. The molecule has 0 saturated carbocycles. The van der Waals surface area contributed by atoms with E-state index in [9.17, 15) is 4.79 Å². The molecule has 0 spiro atoms. The van der Waals surface area contributed by atoms with Crippen LogP contribution in [0.15, 0.2) is 6.07 Å². The van der Waals surface area contributed by atoms with Crippen LogP contribution in [0.5, 0.6) is 0 Å². The van der Waals surface area contributed by atoms with Gasteiger partial charge in [-0.3, -0.25) is 4.79 Å². The van der Waals surface area contributed by atoms with Crippen molar-refractivity contribution < 1.29 is 9.53 Å². The summed E-state index contributed by atoms with van der Waals surface area (Å²) in [6.07, 6.45) is 1.32. The van der Waals surface area contributed by atoms with Crippen molar-refractivity contribution in [2.75, 3.05) is 0 Å². The monoisotopic (exact) mass is 232 g/mol. The molecule has 2 heteroatoms. The highest BCUT2D eigenvalue weighted by Gasteiger charge is 2.39. The molecule has 1 fully saturated rings. The fourth-order valence-electron chi connectivity index (χ4n) is 2.88. The van der Waals surface area contributed by atoms with Gasteiger partial charge in [0.05, 0.1) is 0 Å². The lowest BCUT2D eigenvalue weighted by Gasteiger charge is -2.29. The summed E-state index contributed by atoms with van der Waals surface area (Å²) < 4.78 is 5.57. The summed E-state index contributed by atoms with van der Waals surface area (Å²) in [6.45, 7) is 10.5. The second-order valence-corrected chi connectivity index (χ2v) is 5.34. The zero-order valence-electron chi connectivity index (χ0n) is 11.3. The van der Waals surface area contributed by atoms with E-state index in [0.717, 1.165) is 6.42 Å². The van der Waals surface area contributed by atoms with Gasteiger partial charge >= 0.3 is 5.97 Å². The van der Waals surface area contributed by atoms with Gasteiger partial charge in [-0.25, -0.2) is 0 Å². The highest BCUT2D eigenvalue weighted by molar-refractivity contribution is 5.73. The minimum absolute atomic E-state index is 0.0783. The number of hydrogen-bond acceptors (Lipinski definition) is 2. The van der Waals surface area contributed by atoms with Crippen molar-refractivity contribution in [3.8, 4) is 0 Å². The summed E-state index contributed by atoms with van der Waals surface area (Å²) >= 11 is 0. The molecule has 1 unspecified atom stereocenters.